The van der Waals surface area contributed by atoms with Crippen LogP contribution in [0.3, 0.4) is 0 Å². The Bertz CT molecular complexity index is 1740. The fraction of sp³-hybridized carbons (Fsp3) is 0.588. The molecule has 15 heteroatoms. The molecule has 0 radical (unpaired) electrons. The molecular formula is C34H42ClF3N8O3. The van der Waals surface area contributed by atoms with Crippen LogP contribution in [0.1, 0.15) is 56.1 Å². The number of benzene rings is 1. The summed E-state index contributed by atoms with van der Waals surface area (Å²) in [5.74, 6) is 0.695. The number of alkyl halides is 3. The highest BCUT2D eigenvalue weighted by Gasteiger charge is 2.40. The Balaban J connectivity index is 1.26. The van der Waals surface area contributed by atoms with E-state index in [0.717, 1.165) is 38.8 Å². The van der Waals surface area contributed by atoms with E-state index < -0.39 is 17.4 Å². The second-order valence-corrected chi connectivity index (χ2v) is 14.0. The van der Waals surface area contributed by atoms with Crippen molar-refractivity contribution in [1.29, 1.82) is 0 Å². The van der Waals surface area contributed by atoms with Gasteiger partial charge in [0.25, 0.3) is 0 Å². The average molecular weight is 703 g/mol. The Morgan fingerprint density at radius 2 is 1.98 bits per heavy atom. The average Bonchev–Trinajstić information content (AvgIpc) is 3.40. The molecule has 3 fully saturated rings. The van der Waals surface area contributed by atoms with E-state index in [1.165, 1.54) is 31.9 Å². The summed E-state index contributed by atoms with van der Waals surface area (Å²) in [6.45, 7) is 5.16. The fourth-order valence-corrected chi connectivity index (χ4v) is 7.99. The standard InChI is InChI=1S/C34H42ClF3N8O3/c1-19-14-25(39)42-30(28(19)34(36,37)38)23-15-24-27-31(29(23)35)48-18-22-16-45(26(47)9-8-20-6-3-4-10-40-20)12-13-46(22)32(27)43-33(41-24)49-17-21-7-5-11-44(21)2/h14-15,20-22,40H,3-13,16-18H2,1-2H3,(H2,39,42)/t20-,21+,22+/m1/s1. The Hall–Kier alpha value is -3.62. The van der Waals surface area contributed by atoms with Gasteiger partial charge in [-0.2, -0.15) is 23.1 Å². The Morgan fingerprint density at radius 1 is 1.14 bits per heavy atom. The Labute approximate surface area is 288 Å². The molecular weight excluding hydrogens is 661 g/mol. The predicted octanol–water partition coefficient (Wildman–Crippen LogP) is 5.06. The van der Waals surface area contributed by atoms with Gasteiger partial charge in [-0.05, 0) is 76.9 Å². The van der Waals surface area contributed by atoms with Gasteiger partial charge >= 0.3 is 12.2 Å². The van der Waals surface area contributed by atoms with Crippen molar-refractivity contribution in [2.75, 3.05) is 63.6 Å². The number of nitrogens with two attached hydrogens (primary N) is 1. The molecule has 7 rings (SSSR count). The number of likely N-dealkylation sites (tertiary alicyclic amines) is 1. The molecule has 2 aromatic heterocycles. The normalized spacial score (nSPS) is 22.9. The first kappa shape index (κ1) is 33.9. The summed E-state index contributed by atoms with van der Waals surface area (Å²) < 4.78 is 55.9. The van der Waals surface area contributed by atoms with E-state index in [0.29, 0.717) is 55.4 Å². The molecule has 0 aliphatic carbocycles. The molecule has 0 unspecified atom stereocenters. The molecule has 4 aliphatic rings. The molecule has 4 aliphatic heterocycles. The van der Waals surface area contributed by atoms with E-state index >= 15 is 0 Å². The number of halogens is 4. The third kappa shape index (κ3) is 6.79. The van der Waals surface area contributed by atoms with Crippen LogP contribution < -0.4 is 25.4 Å². The first-order chi connectivity index (χ1) is 23.5. The van der Waals surface area contributed by atoms with E-state index in [1.54, 1.807) is 0 Å². The third-order valence-corrected chi connectivity index (χ3v) is 10.7. The minimum absolute atomic E-state index is 0.00832. The summed E-state index contributed by atoms with van der Waals surface area (Å²) in [4.78, 5) is 33.3. The van der Waals surface area contributed by atoms with Crippen molar-refractivity contribution in [3.8, 4) is 23.0 Å². The van der Waals surface area contributed by atoms with Crippen LogP contribution in [0.2, 0.25) is 5.02 Å². The first-order valence-electron chi connectivity index (χ1n) is 17.1. The van der Waals surface area contributed by atoms with Crippen LogP contribution >= 0.6 is 11.6 Å². The molecule has 0 saturated carbocycles. The van der Waals surface area contributed by atoms with Crippen molar-refractivity contribution in [2.45, 2.75) is 76.2 Å². The SMILES string of the molecule is Cc1cc(N)nc(-c2cc3nc(OC[C@@H]4CCCN4C)nc4c3c(c2Cl)OC[C@@H]2CN(C(=O)CC[C@H]3CCCCN3)CCN42)c1C(F)(F)F. The molecule has 3 aromatic rings. The molecule has 0 spiro atoms. The van der Waals surface area contributed by atoms with Gasteiger partial charge in [-0.25, -0.2) is 4.98 Å². The zero-order valence-corrected chi connectivity index (χ0v) is 28.5. The van der Waals surface area contributed by atoms with Crippen molar-refractivity contribution in [2.24, 2.45) is 0 Å². The second kappa shape index (κ2) is 13.6. The van der Waals surface area contributed by atoms with Gasteiger partial charge in [0.1, 0.15) is 24.8 Å². The fourth-order valence-electron chi connectivity index (χ4n) is 7.70. The molecule has 3 saturated heterocycles. The number of nitrogens with one attached hydrogen (secondary N) is 1. The van der Waals surface area contributed by atoms with Crippen molar-refractivity contribution in [3.63, 3.8) is 0 Å². The maximum Gasteiger partial charge on any atom is 0.418 e. The summed E-state index contributed by atoms with van der Waals surface area (Å²) in [6, 6.07) is 3.05. The number of amides is 1. The van der Waals surface area contributed by atoms with Crippen molar-refractivity contribution in [1.82, 2.24) is 30.1 Å². The number of ether oxygens (including phenoxy) is 2. The molecule has 3 N–H and O–H groups in total. The lowest BCUT2D eigenvalue weighted by molar-refractivity contribution is -0.137. The van der Waals surface area contributed by atoms with Gasteiger partial charge in [0, 0.05) is 43.7 Å². The number of likely N-dealkylation sites (N-methyl/N-ethyl adjacent to an activating group) is 1. The highest BCUT2D eigenvalue weighted by molar-refractivity contribution is 6.36. The lowest BCUT2D eigenvalue weighted by Gasteiger charge is -2.41. The van der Waals surface area contributed by atoms with Gasteiger partial charge in [0.15, 0.2) is 5.75 Å². The Kier molecular flexibility index (Phi) is 9.39. The lowest BCUT2D eigenvalue weighted by Crippen LogP contribution is -2.57. The van der Waals surface area contributed by atoms with Crippen LogP contribution in [0.5, 0.6) is 11.8 Å². The molecule has 6 heterocycles. The number of aromatic nitrogens is 3. The van der Waals surface area contributed by atoms with Gasteiger partial charge in [0.2, 0.25) is 5.91 Å². The zero-order chi connectivity index (χ0) is 34.4. The monoisotopic (exact) mass is 702 g/mol. The summed E-state index contributed by atoms with van der Waals surface area (Å²) >= 11 is 6.97. The number of piperazine rings is 1. The van der Waals surface area contributed by atoms with Crippen LogP contribution in [-0.4, -0.2) is 102 Å². The Morgan fingerprint density at radius 3 is 2.71 bits per heavy atom. The summed E-state index contributed by atoms with van der Waals surface area (Å²) in [5, 5.41) is 3.94. The van der Waals surface area contributed by atoms with Gasteiger partial charge in [-0.3, -0.25) is 4.79 Å². The number of carbonyl (C=O) groups is 1. The number of piperidine rings is 1. The molecule has 3 atom stereocenters. The van der Waals surface area contributed by atoms with Gasteiger partial charge in [-0.1, -0.05) is 18.0 Å². The van der Waals surface area contributed by atoms with E-state index in [4.69, 9.17) is 36.8 Å². The van der Waals surface area contributed by atoms with Crippen molar-refractivity contribution >= 4 is 40.0 Å². The minimum Gasteiger partial charge on any atom is -0.489 e. The predicted molar refractivity (Wildman–Crippen MR) is 181 cm³/mol. The molecule has 49 heavy (non-hydrogen) atoms. The summed E-state index contributed by atoms with van der Waals surface area (Å²) in [5.41, 5.74) is 4.86. The number of nitrogen functional groups attached to an aromatic ring is 1. The minimum atomic E-state index is -4.73. The number of nitrogens with zero attached hydrogens (tertiary/aromatic N) is 6. The van der Waals surface area contributed by atoms with Gasteiger partial charge < -0.3 is 35.2 Å². The zero-order valence-electron chi connectivity index (χ0n) is 27.8. The summed E-state index contributed by atoms with van der Waals surface area (Å²) in [6.07, 6.45) is 1.99. The van der Waals surface area contributed by atoms with Crippen molar-refractivity contribution in [3.05, 3.63) is 28.3 Å². The molecule has 1 amide bonds. The maximum absolute atomic E-state index is 14.5. The lowest BCUT2D eigenvalue weighted by atomic mass is 9.99. The number of pyridine rings is 1. The second-order valence-electron chi connectivity index (χ2n) is 13.6. The first-order valence-corrected chi connectivity index (χ1v) is 17.5. The highest BCUT2D eigenvalue weighted by Crippen LogP contribution is 2.49. The van der Waals surface area contributed by atoms with Gasteiger partial charge in [0.05, 0.1) is 33.2 Å². The van der Waals surface area contributed by atoms with Crippen LogP contribution in [0.4, 0.5) is 24.8 Å². The summed E-state index contributed by atoms with van der Waals surface area (Å²) in [7, 11) is 2.05. The van der Waals surface area contributed by atoms with Crippen LogP contribution in [-0.2, 0) is 11.0 Å². The number of hydrogen-bond donors (Lipinski definition) is 2. The maximum atomic E-state index is 14.5. The van der Waals surface area contributed by atoms with Crippen LogP contribution in [0.15, 0.2) is 12.1 Å². The number of fused-ring (bicyclic) bond motifs is 2. The molecule has 11 nitrogen and oxygen atoms in total. The largest absolute Gasteiger partial charge is 0.489 e. The van der Waals surface area contributed by atoms with Crippen LogP contribution in [0, 0.1) is 6.92 Å². The van der Waals surface area contributed by atoms with Crippen LogP contribution in [0.25, 0.3) is 22.2 Å². The quantitative estimate of drug-likeness (QED) is 0.346. The third-order valence-electron chi connectivity index (χ3n) is 10.3. The van der Waals surface area contributed by atoms with E-state index in [-0.39, 0.29) is 58.3 Å². The van der Waals surface area contributed by atoms with Crippen molar-refractivity contribution < 1.29 is 27.4 Å². The van der Waals surface area contributed by atoms with Gasteiger partial charge in [-0.15, -0.1) is 0 Å². The van der Waals surface area contributed by atoms with E-state index in [2.05, 4.69) is 20.1 Å². The topological polar surface area (TPSA) is 122 Å². The number of hydrogen-bond acceptors (Lipinski definition) is 10. The highest BCUT2D eigenvalue weighted by atomic mass is 35.5. The number of rotatable bonds is 7. The number of carbonyl (C=O) groups excluding carboxylic acids is 1. The van der Waals surface area contributed by atoms with E-state index in [1.807, 2.05) is 11.9 Å². The van der Waals surface area contributed by atoms with E-state index in [9.17, 15) is 18.0 Å². The molecule has 0 bridgehead atoms. The smallest absolute Gasteiger partial charge is 0.418 e. The molecule has 1 aromatic carbocycles. The molecule has 264 valence electrons. The number of aryl methyl sites for hydroxylation is 1. The number of anilines is 2.